The third kappa shape index (κ3) is 3.76. The van der Waals surface area contributed by atoms with Crippen LogP contribution in [0.1, 0.15) is 16.1 Å². The highest BCUT2D eigenvalue weighted by Crippen LogP contribution is 2.19. The number of carboxylic acid groups (broad SMARTS) is 1. The largest absolute Gasteiger partial charge is 0.484 e. The molecule has 21 heavy (non-hydrogen) atoms. The molecule has 3 N–H and O–H groups in total. The Hall–Kier alpha value is -2.47. The highest BCUT2D eigenvalue weighted by atomic mass is 35.5. The summed E-state index contributed by atoms with van der Waals surface area (Å²) in [6, 6.07) is 6.57. The number of anilines is 1. The molecule has 1 aromatic heterocycles. The van der Waals surface area contributed by atoms with Gasteiger partial charge in [0.05, 0.1) is 5.69 Å². The van der Waals surface area contributed by atoms with Gasteiger partial charge in [0.15, 0.2) is 6.61 Å². The Morgan fingerprint density at radius 3 is 2.62 bits per heavy atom. The van der Waals surface area contributed by atoms with Crippen LogP contribution in [-0.4, -0.2) is 28.6 Å². The average Bonchev–Trinajstić information content (AvgIpc) is 2.79. The molecule has 0 aliphatic heterocycles. The van der Waals surface area contributed by atoms with Crippen LogP contribution in [0.2, 0.25) is 5.02 Å². The van der Waals surface area contributed by atoms with Crippen LogP contribution in [0.3, 0.4) is 0 Å². The van der Waals surface area contributed by atoms with Crippen molar-refractivity contribution in [3.63, 3.8) is 0 Å². The van der Waals surface area contributed by atoms with Crippen LogP contribution < -0.4 is 10.1 Å². The van der Waals surface area contributed by atoms with Crippen molar-refractivity contribution in [2.45, 2.75) is 6.92 Å². The summed E-state index contributed by atoms with van der Waals surface area (Å²) in [5.74, 6) is -1.06. The Labute approximate surface area is 125 Å². The summed E-state index contributed by atoms with van der Waals surface area (Å²) < 4.78 is 5.27. The first-order valence-electron chi connectivity index (χ1n) is 6.07. The van der Waals surface area contributed by atoms with E-state index in [1.807, 2.05) is 0 Å². The van der Waals surface area contributed by atoms with Gasteiger partial charge in [0.1, 0.15) is 11.3 Å². The van der Waals surface area contributed by atoms with E-state index in [2.05, 4.69) is 10.3 Å². The van der Waals surface area contributed by atoms with E-state index in [1.165, 1.54) is 6.20 Å². The van der Waals surface area contributed by atoms with Gasteiger partial charge in [-0.3, -0.25) is 4.79 Å². The Balaban J connectivity index is 1.96. The number of hydrogen-bond donors (Lipinski definition) is 3. The van der Waals surface area contributed by atoms with Crippen molar-refractivity contribution < 1.29 is 19.4 Å². The van der Waals surface area contributed by atoms with Gasteiger partial charge in [0.25, 0.3) is 5.91 Å². The van der Waals surface area contributed by atoms with Crippen LogP contribution in [0.4, 0.5) is 5.69 Å². The molecule has 0 fully saturated rings. The van der Waals surface area contributed by atoms with E-state index in [9.17, 15) is 9.59 Å². The minimum Gasteiger partial charge on any atom is -0.484 e. The summed E-state index contributed by atoms with van der Waals surface area (Å²) >= 11 is 5.74. The number of rotatable bonds is 5. The molecule has 2 rings (SSSR count). The van der Waals surface area contributed by atoms with Gasteiger partial charge in [-0.1, -0.05) is 11.6 Å². The van der Waals surface area contributed by atoms with Crippen LogP contribution in [0.5, 0.6) is 5.75 Å². The molecule has 6 nitrogen and oxygen atoms in total. The smallest absolute Gasteiger partial charge is 0.339 e. The maximum atomic E-state index is 11.8. The minimum absolute atomic E-state index is 0.0369. The lowest BCUT2D eigenvalue weighted by Crippen LogP contribution is -2.21. The summed E-state index contributed by atoms with van der Waals surface area (Å²) in [5, 5.41) is 12.1. The van der Waals surface area contributed by atoms with Gasteiger partial charge in [-0.05, 0) is 31.2 Å². The van der Waals surface area contributed by atoms with E-state index in [-0.39, 0.29) is 17.9 Å². The number of aromatic carboxylic acids is 1. The fraction of sp³-hybridized carbons (Fsp3) is 0.143. The number of halogens is 1. The number of carboxylic acids is 1. The number of aryl methyl sites for hydroxylation is 1. The number of carbonyl (C=O) groups is 2. The second-order valence-corrected chi connectivity index (χ2v) is 4.73. The second kappa shape index (κ2) is 6.32. The quantitative estimate of drug-likeness (QED) is 0.792. The summed E-state index contributed by atoms with van der Waals surface area (Å²) in [6.07, 6.45) is 1.43. The molecule has 110 valence electrons. The lowest BCUT2D eigenvalue weighted by atomic mass is 10.2. The van der Waals surface area contributed by atoms with Crippen molar-refractivity contribution in [2.75, 3.05) is 11.9 Å². The second-order valence-electron chi connectivity index (χ2n) is 4.30. The molecule has 1 heterocycles. The summed E-state index contributed by atoms with van der Waals surface area (Å²) in [5.41, 5.74) is 0.718. The molecule has 7 heteroatoms. The average molecular weight is 309 g/mol. The van der Waals surface area contributed by atoms with Gasteiger partial charge >= 0.3 is 5.97 Å². The van der Waals surface area contributed by atoms with Gasteiger partial charge in [-0.25, -0.2) is 4.79 Å². The monoisotopic (exact) mass is 308 g/mol. The normalized spacial score (nSPS) is 10.2. The van der Waals surface area contributed by atoms with Crippen molar-refractivity contribution in [3.05, 3.63) is 46.7 Å². The molecule has 0 saturated carbocycles. The van der Waals surface area contributed by atoms with E-state index in [0.29, 0.717) is 16.5 Å². The molecule has 1 amide bonds. The van der Waals surface area contributed by atoms with Gasteiger partial charge < -0.3 is 20.1 Å². The molecule has 0 aliphatic carbocycles. The van der Waals surface area contributed by atoms with Crippen molar-refractivity contribution in [1.82, 2.24) is 4.98 Å². The van der Waals surface area contributed by atoms with Gasteiger partial charge in [-0.15, -0.1) is 0 Å². The number of carbonyl (C=O) groups excluding carboxylic acids is 1. The molecule has 1 aromatic carbocycles. The Bertz CT molecular complexity index is 664. The fourth-order valence-corrected chi connectivity index (χ4v) is 1.89. The van der Waals surface area contributed by atoms with Gasteiger partial charge in [0.2, 0.25) is 0 Å². The maximum Gasteiger partial charge on any atom is 0.339 e. The fourth-order valence-electron chi connectivity index (χ4n) is 1.77. The molecule has 0 unspecified atom stereocenters. The molecule has 0 spiro atoms. The zero-order valence-corrected chi connectivity index (χ0v) is 11.9. The van der Waals surface area contributed by atoms with Crippen molar-refractivity contribution in [1.29, 1.82) is 0 Å². The Kier molecular flexibility index (Phi) is 4.49. The molecule has 0 radical (unpaired) electrons. The molecule has 0 atom stereocenters. The maximum absolute atomic E-state index is 11.8. The Morgan fingerprint density at radius 2 is 2.00 bits per heavy atom. The molecule has 0 saturated heterocycles. The number of hydrogen-bond acceptors (Lipinski definition) is 3. The van der Waals surface area contributed by atoms with Gasteiger partial charge in [0, 0.05) is 16.9 Å². The zero-order chi connectivity index (χ0) is 15.4. The first kappa shape index (κ1) is 14.9. The highest BCUT2D eigenvalue weighted by Gasteiger charge is 2.17. The first-order chi connectivity index (χ1) is 9.97. The zero-order valence-electron chi connectivity index (χ0n) is 11.1. The van der Waals surface area contributed by atoms with Crippen molar-refractivity contribution in [3.8, 4) is 5.75 Å². The minimum atomic E-state index is -1.11. The van der Waals surface area contributed by atoms with Crippen molar-refractivity contribution >= 4 is 29.2 Å². The number of H-pyrrole nitrogens is 1. The lowest BCUT2D eigenvalue weighted by Gasteiger charge is -2.07. The summed E-state index contributed by atoms with van der Waals surface area (Å²) in [7, 11) is 0. The van der Waals surface area contributed by atoms with E-state index < -0.39 is 11.9 Å². The van der Waals surface area contributed by atoms with E-state index in [1.54, 1.807) is 31.2 Å². The number of amides is 1. The number of aromatic amines is 1. The third-order valence-corrected chi connectivity index (χ3v) is 3.00. The van der Waals surface area contributed by atoms with E-state index >= 15 is 0 Å². The van der Waals surface area contributed by atoms with E-state index in [0.717, 1.165) is 0 Å². The first-order valence-corrected chi connectivity index (χ1v) is 6.44. The molecular weight excluding hydrogens is 296 g/mol. The number of benzene rings is 1. The number of nitrogens with one attached hydrogen (secondary N) is 2. The molecular formula is C14H13ClN2O4. The van der Waals surface area contributed by atoms with Crippen LogP contribution in [0.15, 0.2) is 30.5 Å². The van der Waals surface area contributed by atoms with Crippen molar-refractivity contribution in [2.24, 2.45) is 0 Å². The lowest BCUT2D eigenvalue weighted by molar-refractivity contribution is -0.118. The van der Waals surface area contributed by atoms with Crippen LogP contribution >= 0.6 is 11.6 Å². The summed E-state index contributed by atoms with van der Waals surface area (Å²) in [6.45, 7) is 1.38. The SMILES string of the molecule is Cc1[nH]cc(NC(=O)COc2ccc(Cl)cc2)c1C(=O)O. The molecule has 0 bridgehead atoms. The highest BCUT2D eigenvalue weighted by molar-refractivity contribution is 6.30. The predicted octanol–water partition coefficient (Wildman–Crippen LogP) is 2.69. The summed E-state index contributed by atoms with van der Waals surface area (Å²) in [4.78, 5) is 25.6. The predicted molar refractivity (Wildman–Crippen MR) is 78.1 cm³/mol. The Morgan fingerprint density at radius 1 is 1.33 bits per heavy atom. The van der Waals surface area contributed by atoms with Crippen LogP contribution in [-0.2, 0) is 4.79 Å². The standard InChI is InChI=1S/C14H13ClN2O4/c1-8-13(14(19)20)11(6-16-8)17-12(18)7-21-10-4-2-9(15)3-5-10/h2-6,16H,7H2,1H3,(H,17,18)(H,19,20). The number of aromatic nitrogens is 1. The van der Waals surface area contributed by atoms with E-state index in [4.69, 9.17) is 21.4 Å². The van der Waals surface area contributed by atoms with Gasteiger partial charge in [-0.2, -0.15) is 0 Å². The van der Waals surface area contributed by atoms with Crippen LogP contribution in [0, 0.1) is 6.92 Å². The molecule has 0 aliphatic rings. The molecule has 2 aromatic rings. The third-order valence-electron chi connectivity index (χ3n) is 2.75. The number of ether oxygens (including phenoxy) is 1. The van der Waals surface area contributed by atoms with Crippen LogP contribution in [0.25, 0.3) is 0 Å². The topological polar surface area (TPSA) is 91.4 Å².